The highest BCUT2D eigenvalue weighted by molar-refractivity contribution is 6.30. The van der Waals surface area contributed by atoms with Crippen LogP contribution >= 0.6 is 11.6 Å². The second-order valence-corrected chi connectivity index (χ2v) is 16.3. The van der Waals surface area contributed by atoms with Crippen LogP contribution in [0.5, 0.6) is 0 Å². The molecule has 0 spiro atoms. The van der Waals surface area contributed by atoms with Crippen molar-refractivity contribution >= 4 is 59.1 Å². The number of carbonyl (C=O) groups is 7. The Morgan fingerprint density at radius 3 is 2.42 bits per heavy atom. The molecule has 306 valence electrons. The van der Waals surface area contributed by atoms with E-state index in [4.69, 9.17) is 16.3 Å². The van der Waals surface area contributed by atoms with E-state index in [1.54, 1.807) is 31.2 Å². The molecule has 4 heterocycles. The summed E-state index contributed by atoms with van der Waals surface area (Å²) in [5, 5.41) is 11.6. The minimum Gasteiger partial charge on any atom is -0.376 e. The number of halogens is 1. The topological polar surface area (TPSA) is 187 Å². The fraction of sp³-hybridized carbons (Fsp3) is 0.537. The first-order valence-electron chi connectivity index (χ1n) is 19.7. The molecule has 15 nitrogen and oxygen atoms in total. The summed E-state index contributed by atoms with van der Waals surface area (Å²) in [6, 6.07) is 8.04. The summed E-state index contributed by atoms with van der Waals surface area (Å²) in [4.78, 5) is 101. The molecule has 0 aromatic heterocycles. The van der Waals surface area contributed by atoms with Crippen LogP contribution < -0.4 is 21.3 Å². The highest BCUT2D eigenvalue weighted by Gasteiger charge is 2.49. The van der Waals surface area contributed by atoms with Crippen molar-refractivity contribution in [3.63, 3.8) is 0 Å². The first-order chi connectivity index (χ1) is 27.3. The minimum atomic E-state index is -1.39. The average Bonchev–Trinajstić information content (AvgIpc) is 3.82. The molecule has 1 unspecified atom stereocenters. The van der Waals surface area contributed by atoms with E-state index in [0.717, 1.165) is 11.1 Å². The van der Waals surface area contributed by atoms with E-state index in [2.05, 4.69) is 21.3 Å². The number of nitrogens with one attached hydrogen (secondary N) is 4. The van der Waals surface area contributed by atoms with Crippen molar-refractivity contribution in [3.8, 4) is 0 Å². The summed E-state index contributed by atoms with van der Waals surface area (Å²) in [5.74, 6) is -2.64. The van der Waals surface area contributed by atoms with Crippen molar-refractivity contribution in [1.29, 1.82) is 0 Å². The SMILES string of the molecule is Cc1cccc(C[C@H](NC(=O)Nc2ccc(Cl)cc2)C(=O)N[C@H]2COCC3(C=O)C[C@H](C)CN3C(=O)[C@H](C)NC(=O)[C@@H]3CCCCN3C(=O)[C@@H]3CCCN3C2=O)c1. The van der Waals surface area contributed by atoms with Gasteiger partial charge >= 0.3 is 6.03 Å². The van der Waals surface area contributed by atoms with Gasteiger partial charge in [-0.2, -0.15) is 0 Å². The van der Waals surface area contributed by atoms with Crippen LogP contribution in [0.3, 0.4) is 0 Å². The van der Waals surface area contributed by atoms with Gasteiger partial charge in [0.25, 0.3) is 0 Å². The van der Waals surface area contributed by atoms with E-state index < -0.39 is 65.4 Å². The van der Waals surface area contributed by atoms with Crippen molar-refractivity contribution in [2.45, 2.75) is 101 Å². The molecule has 4 saturated heterocycles. The van der Waals surface area contributed by atoms with Gasteiger partial charge in [0, 0.05) is 36.8 Å². The van der Waals surface area contributed by atoms with Crippen LogP contribution in [-0.2, 0) is 39.9 Å². The number of fused-ring (bicyclic) bond motifs is 3. The second-order valence-electron chi connectivity index (χ2n) is 15.9. The molecule has 2 aromatic carbocycles. The molecule has 7 atom stereocenters. The second kappa shape index (κ2) is 18.1. The standard InChI is InChI=1S/C41H52ClN7O8/c1-25-8-6-9-28(18-25)19-31(46-40(56)44-30-14-12-29(42)13-15-30)35(51)45-32-22-57-24-41(23-50)20-26(2)21-49(41)37(53)27(3)43-36(52)33-10-4-5-16-47(33)39(55)34-11-7-17-48(34)38(32)54/h6,8-9,12-15,18,23,26-27,31-34H,4-5,7,10-11,16-17,19-22,24H2,1-3H3,(H,43,52)(H,45,51)(H2,44,46,56)/t26-,27-,31-,32-,33-,34-,41?/m0/s1. The largest absolute Gasteiger partial charge is 0.376 e. The number of benzene rings is 2. The number of rotatable bonds is 7. The van der Waals surface area contributed by atoms with E-state index >= 15 is 0 Å². The lowest BCUT2D eigenvalue weighted by Crippen LogP contribution is -2.63. The fourth-order valence-corrected chi connectivity index (χ4v) is 8.68. The number of anilines is 1. The predicted molar refractivity (Wildman–Crippen MR) is 211 cm³/mol. The molecule has 16 heteroatoms. The van der Waals surface area contributed by atoms with Crippen molar-refractivity contribution in [2.24, 2.45) is 5.92 Å². The number of ether oxygens (including phenoxy) is 1. The molecule has 2 aromatic rings. The molecular weight excluding hydrogens is 754 g/mol. The van der Waals surface area contributed by atoms with Crippen LogP contribution in [0.2, 0.25) is 5.02 Å². The molecule has 0 bridgehead atoms. The molecule has 0 aliphatic carbocycles. The first-order valence-corrected chi connectivity index (χ1v) is 20.1. The minimum absolute atomic E-state index is 0.0749. The smallest absolute Gasteiger partial charge is 0.319 e. The maximum absolute atomic E-state index is 14.6. The average molecular weight is 806 g/mol. The van der Waals surface area contributed by atoms with E-state index in [9.17, 15) is 33.6 Å². The zero-order valence-corrected chi connectivity index (χ0v) is 33.4. The van der Waals surface area contributed by atoms with Crippen LogP contribution in [0.15, 0.2) is 48.5 Å². The highest BCUT2D eigenvalue weighted by atomic mass is 35.5. The molecule has 57 heavy (non-hydrogen) atoms. The molecule has 7 amide bonds. The van der Waals surface area contributed by atoms with E-state index in [1.807, 2.05) is 38.1 Å². The lowest BCUT2D eigenvalue weighted by molar-refractivity contribution is -0.153. The van der Waals surface area contributed by atoms with Crippen molar-refractivity contribution in [1.82, 2.24) is 30.7 Å². The predicted octanol–water partition coefficient (Wildman–Crippen LogP) is 2.58. The maximum atomic E-state index is 14.6. The Morgan fingerprint density at radius 2 is 1.68 bits per heavy atom. The monoisotopic (exact) mass is 805 g/mol. The van der Waals surface area contributed by atoms with Gasteiger partial charge in [-0.05, 0) is 88.1 Å². The number of carbonyl (C=O) groups excluding carboxylic acids is 7. The third kappa shape index (κ3) is 9.58. The number of aryl methyl sites for hydroxylation is 1. The third-order valence-electron chi connectivity index (χ3n) is 11.4. The van der Waals surface area contributed by atoms with Crippen LogP contribution in [0.1, 0.15) is 63.5 Å². The lowest BCUT2D eigenvalue weighted by atomic mass is 9.95. The first kappa shape index (κ1) is 41.6. The summed E-state index contributed by atoms with van der Waals surface area (Å²) in [6.07, 6.45) is 3.69. The van der Waals surface area contributed by atoms with Gasteiger partial charge in [-0.25, -0.2) is 4.79 Å². The fourth-order valence-electron chi connectivity index (χ4n) is 8.56. The number of urea groups is 1. The van der Waals surface area contributed by atoms with Crippen molar-refractivity contribution in [2.75, 3.05) is 38.2 Å². The molecule has 4 aliphatic rings. The van der Waals surface area contributed by atoms with E-state index in [1.165, 1.54) is 14.7 Å². The quantitative estimate of drug-likeness (QED) is 0.308. The maximum Gasteiger partial charge on any atom is 0.319 e. The summed E-state index contributed by atoms with van der Waals surface area (Å²) in [5.41, 5.74) is 0.763. The number of amides is 7. The summed E-state index contributed by atoms with van der Waals surface area (Å²) in [7, 11) is 0. The summed E-state index contributed by atoms with van der Waals surface area (Å²) in [6.45, 7) is 5.51. The van der Waals surface area contributed by atoms with Gasteiger partial charge < -0.3 is 45.5 Å². The van der Waals surface area contributed by atoms with E-state index in [-0.39, 0.29) is 51.0 Å². The number of hydrogen-bond acceptors (Lipinski definition) is 8. The zero-order valence-electron chi connectivity index (χ0n) is 32.6. The van der Waals surface area contributed by atoms with Gasteiger partial charge in [0.15, 0.2) is 0 Å². The Bertz CT molecular complexity index is 1860. The van der Waals surface area contributed by atoms with Crippen LogP contribution in [0.4, 0.5) is 10.5 Å². The molecule has 0 radical (unpaired) electrons. The summed E-state index contributed by atoms with van der Waals surface area (Å²) < 4.78 is 6.14. The zero-order chi connectivity index (χ0) is 40.9. The molecule has 4 N–H and O–H groups in total. The van der Waals surface area contributed by atoms with Crippen molar-refractivity contribution < 1.29 is 38.3 Å². The number of nitrogens with zero attached hydrogens (tertiary/aromatic N) is 3. The van der Waals surface area contributed by atoms with Crippen molar-refractivity contribution in [3.05, 3.63) is 64.7 Å². The highest BCUT2D eigenvalue weighted by Crippen LogP contribution is 2.33. The van der Waals surface area contributed by atoms with Crippen LogP contribution in [0.25, 0.3) is 0 Å². The number of hydrogen-bond donors (Lipinski definition) is 4. The van der Waals surface area contributed by atoms with Gasteiger partial charge in [0.1, 0.15) is 42.0 Å². The molecule has 0 saturated carbocycles. The van der Waals surface area contributed by atoms with Gasteiger partial charge in [-0.3, -0.25) is 24.0 Å². The Morgan fingerprint density at radius 1 is 0.965 bits per heavy atom. The van der Waals surface area contributed by atoms with E-state index in [0.29, 0.717) is 55.6 Å². The molecule has 4 aliphatic heterocycles. The number of piperidine rings is 1. The van der Waals surface area contributed by atoms with Gasteiger partial charge in [0.05, 0.1) is 13.2 Å². The molecule has 4 fully saturated rings. The lowest BCUT2D eigenvalue weighted by Gasteiger charge is -2.40. The van der Waals surface area contributed by atoms with Gasteiger partial charge in [-0.1, -0.05) is 48.4 Å². The Kier molecular flexibility index (Phi) is 13.2. The Hall–Kier alpha value is -5.02. The Balaban J connectivity index is 1.31. The van der Waals surface area contributed by atoms with Crippen LogP contribution in [0, 0.1) is 12.8 Å². The van der Waals surface area contributed by atoms with Gasteiger partial charge in [0.2, 0.25) is 29.5 Å². The van der Waals surface area contributed by atoms with Crippen LogP contribution in [-0.4, -0.2) is 125 Å². The molecule has 6 rings (SSSR count). The normalized spacial score (nSPS) is 27.8. The summed E-state index contributed by atoms with van der Waals surface area (Å²) >= 11 is 6.01. The third-order valence-corrected chi connectivity index (χ3v) is 11.6. The Labute approximate surface area is 337 Å². The number of aldehydes is 1. The van der Waals surface area contributed by atoms with Gasteiger partial charge in [-0.15, -0.1) is 0 Å². The molecular formula is C41H52ClN7O8.